The summed E-state index contributed by atoms with van der Waals surface area (Å²) in [5.74, 6) is 0.903. The van der Waals surface area contributed by atoms with Crippen molar-refractivity contribution >= 4 is 27.3 Å². The normalized spacial score (nSPS) is 12.4. The first-order valence-electron chi connectivity index (χ1n) is 5.78. The molecule has 4 heteroatoms. The lowest BCUT2D eigenvalue weighted by Gasteiger charge is -2.16. The molecule has 96 valence electrons. The van der Waals surface area contributed by atoms with Gasteiger partial charge >= 0.3 is 0 Å². The molecule has 1 unspecified atom stereocenters. The van der Waals surface area contributed by atoms with Crippen molar-refractivity contribution in [2.45, 2.75) is 12.5 Å². The number of hydrogen-bond acceptors (Lipinski definition) is 3. The van der Waals surface area contributed by atoms with Crippen LogP contribution in [-0.4, -0.2) is 14.2 Å². The number of ether oxygens (including phenoxy) is 1. The quantitative estimate of drug-likeness (QED) is 0.896. The van der Waals surface area contributed by atoms with E-state index < -0.39 is 0 Å². The minimum absolute atomic E-state index is 0.311. The lowest BCUT2D eigenvalue weighted by atomic mass is 10.0. The molecule has 0 saturated carbocycles. The Labute approximate surface area is 120 Å². The number of rotatable bonds is 5. The van der Waals surface area contributed by atoms with Gasteiger partial charge in [-0.05, 0) is 52.8 Å². The third kappa shape index (κ3) is 3.34. The maximum atomic E-state index is 5.27. The molecule has 1 aromatic carbocycles. The van der Waals surface area contributed by atoms with E-state index in [0.29, 0.717) is 6.04 Å². The van der Waals surface area contributed by atoms with E-state index in [4.69, 9.17) is 4.74 Å². The summed E-state index contributed by atoms with van der Waals surface area (Å²) in [7, 11) is 3.69. The molecule has 0 aliphatic rings. The first-order chi connectivity index (χ1) is 8.72. The van der Waals surface area contributed by atoms with Gasteiger partial charge in [0.15, 0.2) is 0 Å². The lowest BCUT2D eigenvalue weighted by molar-refractivity contribution is 0.413. The van der Waals surface area contributed by atoms with Crippen LogP contribution in [0.15, 0.2) is 40.2 Å². The van der Waals surface area contributed by atoms with Crippen molar-refractivity contribution in [1.29, 1.82) is 0 Å². The fourth-order valence-corrected chi connectivity index (χ4v) is 3.44. The molecule has 0 aliphatic heterocycles. The van der Waals surface area contributed by atoms with Gasteiger partial charge in [-0.25, -0.2) is 0 Å². The summed E-state index contributed by atoms with van der Waals surface area (Å²) in [6, 6.07) is 12.8. The molecular formula is C14H16BrNOS. The van der Waals surface area contributed by atoms with Crippen molar-refractivity contribution in [2.75, 3.05) is 14.2 Å². The monoisotopic (exact) mass is 325 g/mol. The highest BCUT2D eigenvalue weighted by Gasteiger charge is 2.12. The standard InChI is InChI=1S/C14H16BrNOS/c1-16-13(9-12-6-7-14(15)18-12)10-4-3-5-11(8-10)17-2/h3-8,13,16H,9H2,1-2H3. The van der Waals surface area contributed by atoms with Gasteiger partial charge in [-0.15, -0.1) is 11.3 Å². The summed E-state index contributed by atoms with van der Waals surface area (Å²) in [6.45, 7) is 0. The second kappa shape index (κ2) is 6.36. The molecule has 18 heavy (non-hydrogen) atoms. The summed E-state index contributed by atoms with van der Waals surface area (Å²) < 4.78 is 6.45. The molecule has 1 aromatic heterocycles. The van der Waals surface area contributed by atoms with Gasteiger partial charge < -0.3 is 10.1 Å². The molecule has 0 aliphatic carbocycles. The van der Waals surface area contributed by atoms with Gasteiger partial charge in [-0.3, -0.25) is 0 Å². The second-order valence-corrected chi connectivity index (χ2v) is 6.58. The number of benzene rings is 1. The fourth-order valence-electron chi connectivity index (χ4n) is 1.91. The van der Waals surface area contributed by atoms with E-state index in [9.17, 15) is 0 Å². The molecule has 1 heterocycles. The van der Waals surface area contributed by atoms with Gasteiger partial charge in [0.05, 0.1) is 10.9 Å². The van der Waals surface area contributed by atoms with Gasteiger partial charge in [-0.2, -0.15) is 0 Å². The van der Waals surface area contributed by atoms with Gasteiger partial charge in [0, 0.05) is 17.3 Å². The lowest BCUT2D eigenvalue weighted by Crippen LogP contribution is -2.18. The van der Waals surface area contributed by atoms with Crippen molar-refractivity contribution in [2.24, 2.45) is 0 Å². The SMILES string of the molecule is CNC(Cc1ccc(Br)s1)c1cccc(OC)c1. The summed E-state index contributed by atoms with van der Waals surface area (Å²) in [5, 5.41) is 3.36. The Bertz CT molecular complexity index is 512. The number of thiophene rings is 1. The van der Waals surface area contributed by atoms with Crippen molar-refractivity contribution in [1.82, 2.24) is 5.32 Å². The van der Waals surface area contributed by atoms with Crippen LogP contribution in [0.3, 0.4) is 0 Å². The number of likely N-dealkylation sites (N-methyl/N-ethyl adjacent to an activating group) is 1. The molecule has 2 rings (SSSR count). The van der Waals surface area contributed by atoms with Crippen molar-refractivity contribution in [3.8, 4) is 5.75 Å². The predicted octanol–water partition coefficient (Wildman–Crippen LogP) is 4.02. The third-order valence-electron chi connectivity index (χ3n) is 2.88. The molecular weight excluding hydrogens is 310 g/mol. The molecule has 2 nitrogen and oxygen atoms in total. The minimum Gasteiger partial charge on any atom is -0.497 e. The van der Waals surface area contributed by atoms with Crippen molar-refractivity contribution in [3.05, 3.63) is 50.6 Å². The van der Waals surface area contributed by atoms with Gasteiger partial charge in [0.2, 0.25) is 0 Å². The van der Waals surface area contributed by atoms with Crippen LogP contribution in [0.2, 0.25) is 0 Å². The highest BCUT2D eigenvalue weighted by atomic mass is 79.9. The van der Waals surface area contributed by atoms with E-state index in [2.05, 4.69) is 45.5 Å². The molecule has 0 radical (unpaired) electrons. The van der Waals surface area contributed by atoms with Gasteiger partial charge in [0.25, 0.3) is 0 Å². The van der Waals surface area contributed by atoms with E-state index in [-0.39, 0.29) is 0 Å². The number of halogens is 1. The molecule has 0 fully saturated rings. The molecule has 0 amide bonds. The highest BCUT2D eigenvalue weighted by molar-refractivity contribution is 9.11. The summed E-state index contributed by atoms with van der Waals surface area (Å²) >= 11 is 5.28. The largest absolute Gasteiger partial charge is 0.497 e. The van der Waals surface area contributed by atoms with E-state index in [1.54, 1.807) is 18.4 Å². The molecule has 1 N–H and O–H groups in total. The average Bonchev–Trinajstić information content (AvgIpc) is 2.81. The zero-order valence-electron chi connectivity index (χ0n) is 10.4. The topological polar surface area (TPSA) is 21.3 Å². The fraction of sp³-hybridized carbons (Fsp3) is 0.286. The molecule has 0 saturated heterocycles. The second-order valence-electron chi connectivity index (χ2n) is 4.03. The summed E-state index contributed by atoms with van der Waals surface area (Å²) in [6.07, 6.45) is 0.986. The van der Waals surface area contributed by atoms with Gasteiger partial charge in [0.1, 0.15) is 5.75 Å². The molecule has 1 atom stereocenters. The molecule has 0 bridgehead atoms. The van der Waals surface area contributed by atoms with Crippen molar-refractivity contribution in [3.63, 3.8) is 0 Å². The Morgan fingerprint density at radius 1 is 1.33 bits per heavy atom. The van der Waals surface area contributed by atoms with E-state index in [1.807, 2.05) is 19.2 Å². The first-order valence-corrected chi connectivity index (χ1v) is 7.39. The Morgan fingerprint density at radius 2 is 2.17 bits per heavy atom. The summed E-state index contributed by atoms with van der Waals surface area (Å²) in [5.41, 5.74) is 1.25. The Morgan fingerprint density at radius 3 is 2.78 bits per heavy atom. The smallest absolute Gasteiger partial charge is 0.119 e. The van der Waals surface area contributed by atoms with Crippen LogP contribution in [0.25, 0.3) is 0 Å². The zero-order valence-corrected chi connectivity index (χ0v) is 12.8. The third-order valence-corrected chi connectivity index (χ3v) is 4.52. The number of hydrogen-bond donors (Lipinski definition) is 1. The zero-order chi connectivity index (χ0) is 13.0. The Hall–Kier alpha value is -0.840. The summed E-state index contributed by atoms with van der Waals surface area (Å²) in [4.78, 5) is 1.36. The van der Waals surface area contributed by atoms with Crippen LogP contribution in [0, 0.1) is 0 Å². The molecule has 0 spiro atoms. The predicted molar refractivity (Wildman–Crippen MR) is 80.5 cm³/mol. The molecule has 2 aromatic rings. The maximum Gasteiger partial charge on any atom is 0.119 e. The number of methoxy groups -OCH3 is 1. The average molecular weight is 326 g/mol. The van der Waals surface area contributed by atoms with E-state index in [1.165, 1.54) is 14.2 Å². The first kappa shape index (κ1) is 13.6. The van der Waals surface area contributed by atoms with Gasteiger partial charge in [-0.1, -0.05) is 12.1 Å². The highest BCUT2D eigenvalue weighted by Crippen LogP contribution is 2.28. The van der Waals surface area contributed by atoms with Crippen LogP contribution >= 0.6 is 27.3 Å². The Kier molecular flexibility index (Phi) is 4.80. The number of nitrogens with one attached hydrogen (secondary N) is 1. The van der Waals surface area contributed by atoms with E-state index in [0.717, 1.165) is 12.2 Å². The van der Waals surface area contributed by atoms with E-state index >= 15 is 0 Å². The van der Waals surface area contributed by atoms with Crippen LogP contribution < -0.4 is 10.1 Å². The van der Waals surface area contributed by atoms with Crippen LogP contribution in [0.5, 0.6) is 5.75 Å². The Balaban J connectivity index is 2.17. The minimum atomic E-state index is 0.311. The van der Waals surface area contributed by atoms with Crippen molar-refractivity contribution < 1.29 is 4.74 Å². The van der Waals surface area contributed by atoms with Crippen LogP contribution in [0.4, 0.5) is 0 Å². The van der Waals surface area contributed by atoms with Crippen LogP contribution in [0.1, 0.15) is 16.5 Å². The maximum absolute atomic E-state index is 5.27. The van der Waals surface area contributed by atoms with Crippen LogP contribution in [-0.2, 0) is 6.42 Å².